The van der Waals surface area contributed by atoms with E-state index in [9.17, 15) is 0 Å². The Bertz CT molecular complexity index is 367. The number of morpholine rings is 1. The number of anilines is 2. The lowest BCUT2D eigenvalue weighted by Crippen LogP contribution is -2.45. The van der Waals surface area contributed by atoms with Gasteiger partial charge in [-0.05, 0) is 39.8 Å². The molecule has 0 radical (unpaired) electrons. The molecule has 18 heavy (non-hydrogen) atoms. The Labute approximate surface area is 109 Å². The number of ether oxygens (including phenoxy) is 1. The number of aromatic nitrogens is 1. The molecule has 1 aromatic rings. The summed E-state index contributed by atoms with van der Waals surface area (Å²) in [5.74, 6) is 1.03. The summed E-state index contributed by atoms with van der Waals surface area (Å²) >= 11 is 0. The third-order valence-corrected chi connectivity index (χ3v) is 2.95. The van der Waals surface area contributed by atoms with Gasteiger partial charge in [-0.3, -0.25) is 0 Å². The molecule has 0 aliphatic carbocycles. The third kappa shape index (κ3) is 3.35. The molecule has 2 rings (SSSR count). The van der Waals surface area contributed by atoms with E-state index in [-0.39, 0.29) is 12.2 Å². The van der Waals surface area contributed by atoms with E-state index in [1.807, 2.05) is 6.20 Å². The van der Waals surface area contributed by atoms with Gasteiger partial charge in [-0.1, -0.05) is 0 Å². The second-order valence-corrected chi connectivity index (χ2v) is 5.37. The van der Waals surface area contributed by atoms with Crippen molar-refractivity contribution in [1.82, 2.24) is 4.98 Å². The molecule has 0 spiro atoms. The van der Waals surface area contributed by atoms with Gasteiger partial charge >= 0.3 is 0 Å². The Morgan fingerprint density at radius 1 is 1.28 bits per heavy atom. The van der Waals surface area contributed by atoms with Crippen LogP contribution in [-0.4, -0.2) is 36.3 Å². The lowest BCUT2D eigenvalue weighted by atomic mass is 10.2. The molecule has 100 valence electrons. The fraction of sp³-hybridized carbons (Fsp3) is 0.643. The van der Waals surface area contributed by atoms with E-state index in [1.54, 1.807) is 0 Å². The van der Waals surface area contributed by atoms with Crippen LogP contribution in [0, 0.1) is 0 Å². The van der Waals surface area contributed by atoms with E-state index in [2.05, 4.69) is 55.0 Å². The minimum Gasteiger partial charge on any atom is -0.382 e. The highest BCUT2D eigenvalue weighted by Gasteiger charge is 2.22. The average molecular weight is 249 g/mol. The largest absolute Gasteiger partial charge is 0.382 e. The zero-order valence-corrected chi connectivity index (χ0v) is 11.7. The summed E-state index contributed by atoms with van der Waals surface area (Å²) in [4.78, 5) is 6.82. The monoisotopic (exact) mass is 249 g/mol. The van der Waals surface area contributed by atoms with Crippen LogP contribution in [0.1, 0.15) is 27.7 Å². The van der Waals surface area contributed by atoms with Crippen LogP contribution in [-0.2, 0) is 4.74 Å². The van der Waals surface area contributed by atoms with Crippen LogP contribution in [0.15, 0.2) is 18.3 Å². The second-order valence-electron chi connectivity index (χ2n) is 5.37. The van der Waals surface area contributed by atoms with Gasteiger partial charge < -0.3 is 15.0 Å². The lowest BCUT2D eigenvalue weighted by molar-refractivity contribution is -0.00545. The molecule has 0 bridgehead atoms. The molecule has 1 aromatic heterocycles. The predicted octanol–water partition coefficient (Wildman–Crippen LogP) is 2.52. The SMILES string of the molecule is CC(C)Nc1ccc(N2CC(C)OC(C)C2)nc1. The van der Waals surface area contributed by atoms with Crippen LogP contribution in [0.2, 0.25) is 0 Å². The van der Waals surface area contributed by atoms with Crippen molar-refractivity contribution in [1.29, 1.82) is 0 Å². The highest BCUT2D eigenvalue weighted by Crippen LogP contribution is 2.19. The van der Waals surface area contributed by atoms with Crippen LogP contribution in [0.25, 0.3) is 0 Å². The van der Waals surface area contributed by atoms with E-state index in [0.29, 0.717) is 6.04 Å². The fourth-order valence-corrected chi connectivity index (χ4v) is 2.36. The quantitative estimate of drug-likeness (QED) is 0.893. The Balaban J connectivity index is 2.04. The van der Waals surface area contributed by atoms with E-state index in [0.717, 1.165) is 24.6 Å². The maximum Gasteiger partial charge on any atom is 0.128 e. The normalized spacial score (nSPS) is 24.4. The van der Waals surface area contributed by atoms with Crippen molar-refractivity contribution >= 4 is 11.5 Å². The predicted molar refractivity (Wildman–Crippen MR) is 75.2 cm³/mol. The van der Waals surface area contributed by atoms with Gasteiger partial charge in [-0.15, -0.1) is 0 Å². The summed E-state index contributed by atoms with van der Waals surface area (Å²) < 4.78 is 5.73. The highest BCUT2D eigenvalue weighted by atomic mass is 16.5. The second kappa shape index (κ2) is 5.57. The molecule has 4 heteroatoms. The molecular weight excluding hydrogens is 226 g/mol. The van der Waals surface area contributed by atoms with E-state index >= 15 is 0 Å². The molecule has 1 aliphatic heterocycles. The first-order chi connectivity index (χ1) is 8.54. The minimum atomic E-state index is 0.268. The van der Waals surface area contributed by atoms with Gasteiger partial charge in [0.25, 0.3) is 0 Å². The Morgan fingerprint density at radius 3 is 2.44 bits per heavy atom. The van der Waals surface area contributed by atoms with Gasteiger partial charge in [-0.2, -0.15) is 0 Å². The molecule has 1 N–H and O–H groups in total. The summed E-state index contributed by atoms with van der Waals surface area (Å²) in [5.41, 5.74) is 1.07. The standard InChI is InChI=1S/C14H23N3O/c1-10(2)16-13-5-6-14(15-7-13)17-8-11(3)18-12(4)9-17/h5-7,10-12,16H,8-9H2,1-4H3. The van der Waals surface area contributed by atoms with Gasteiger partial charge in [0, 0.05) is 19.1 Å². The van der Waals surface area contributed by atoms with Crippen molar-refractivity contribution in [3.63, 3.8) is 0 Å². The zero-order valence-electron chi connectivity index (χ0n) is 11.7. The summed E-state index contributed by atoms with van der Waals surface area (Å²) in [6.07, 6.45) is 2.44. The van der Waals surface area contributed by atoms with Crippen LogP contribution in [0.4, 0.5) is 11.5 Å². The van der Waals surface area contributed by atoms with Crippen molar-refractivity contribution in [3.8, 4) is 0 Å². The molecular formula is C14H23N3O. The molecule has 0 amide bonds. The first-order valence-corrected chi connectivity index (χ1v) is 6.67. The van der Waals surface area contributed by atoms with Crippen molar-refractivity contribution < 1.29 is 4.74 Å². The van der Waals surface area contributed by atoms with Gasteiger partial charge in [0.05, 0.1) is 24.1 Å². The van der Waals surface area contributed by atoms with E-state index in [1.165, 1.54) is 0 Å². The number of hydrogen-bond donors (Lipinski definition) is 1. The molecule has 2 atom stereocenters. The first kappa shape index (κ1) is 13.1. The summed E-state index contributed by atoms with van der Waals surface area (Å²) in [6.45, 7) is 10.3. The fourth-order valence-electron chi connectivity index (χ4n) is 2.36. The molecule has 1 aliphatic rings. The Kier molecular flexibility index (Phi) is 4.07. The van der Waals surface area contributed by atoms with Crippen molar-refractivity contribution in [2.45, 2.75) is 45.9 Å². The van der Waals surface area contributed by atoms with Crippen molar-refractivity contribution in [3.05, 3.63) is 18.3 Å². The van der Waals surface area contributed by atoms with Gasteiger partial charge in [-0.25, -0.2) is 4.98 Å². The average Bonchev–Trinajstić information content (AvgIpc) is 2.27. The van der Waals surface area contributed by atoms with Crippen LogP contribution >= 0.6 is 0 Å². The topological polar surface area (TPSA) is 37.4 Å². The van der Waals surface area contributed by atoms with Gasteiger partial charge in [0.15, 0.2) is 0 Å². The molecule has 1 fully saturated rings. The molecule has 2 heterocycles. The number of rotatable bonds is 3. The molecule has 0 aromatic carbocycles. The third-order valence-electron chi connectivity index (χ3n) is 2.95. The summed E-state index contributed by atoms with van der Waals surface area (Å²) in [7, 11) is 0. The Hall–Kier alpha value is -1.29. The maximum atomic E-state index is 5.73. The van der Waals surface area contributed by atoms with Crippen LogP contribution in [0.5, 0.6) is 0 Å². The molecule has 1 saturated heterocycles. The van der Waals surface area contributed by atoms with Crippen molar-refractivity contribution in [2.24, 2.45) is 0 Å². The van der Waals surface area contributed by atoms with E-state index < -0.39 is 0 Å². The van der Waals surface area contributed by atoms with Crippen LogP contribution < -0.4 is 10.2 Å². The van der Waals surface area contributed by atoms with Crippen molar-refractivity contribution in [2.75, 3.05) is 23.3 Å². The summed E-state index contributed by atoms with van der Waals surface area (Å²) in [5, 5.41) is 3.35. The lowest BCUT2D eigenvalue weighted by Gasteiger charge is -2.36. The van der Waals surface area contributed by atoms with Gasteiger partial charge in [0.2, 0.25) is 0 Å². The first-order valence-electron chi connectivity index (χ1n) is 6.67. The summed E-state index contributed by atoms with van der Waals surface area (Å²) in [6, 6.07) is 4.60. The molecule has 2 unspecified atom stereocenters. The molecule has 4 nitrogen and oxygen atoms in total. The van der Waals surface area contributed by atoms with E-state index in [4.69, 9.17) is 4.74 Å². The van der Waals surface area contributed by atoms with Crippen LogP contribution in [0.3, 0.4) is 0 Å². The number of hydrogen-bond acceptors (Lipinski definition) is 4. The number of nitrogens with one attached hydrogen (secondary N) is 1. The van der Waals surface area contributed by atoms with Gasteiger partial charge in [0.1, 0.15) is 5.82 Å². The molecule has 0 saturated carbocycles. The highest BCUT2D eigenvalue weighted by molar-refractivity contribution is 5.49. The number of nitrogens with zero attached hydrogens (tertiary/aromatic N) is 2. The Morgan fingerprint density at radius 2 is 1.94 bits per heavy atom. The smallest absolute Gasteiger partial charge is 0.128 e. The zero-order chi connectivity index (χ0) is 13.1. The maximum absolute atomic E-state index is 5.73. The minimum absolute atomic E-state index is 0.268. The number of pyridine rings is 1.